The van der Waals surface area contributed by atoms with Crippen LogP contribution in [0.1, 0.15) is 5.56 Å². The molecule has 0 spiro atoms. The van der Waals surface area contributed by atoms with E-state index in [0.29, 0.717) is 26.3 Å². The third-order valence-corrected chi connectivity index (χ3v) is 3.82. The van der Waals surface area contributed by atoms with Crippen LogP contribution in [0.15, 0.2) is 48.5 Å². The number of nitrogens with zero attached hydrogens (tertiary/aromatic N) is 1. The number of hydrogen-bond acceptors (Lipinski definition) is 3. The quantitative estimate of drug-likeness (QED) is 0.895. The lowest BCUT2D eigenvalue weighted by atomic mass is 10.1. The third kappa shape index (κ3) is 3.86. The topological polar surface area (TPSA) is 43.2 Å². The van der Waals surface area contributed by atoms with Gasteiger partial charge in [0.25, 0.3) is 5.91 Å². The predicted molar refractivity (Wildman–Crippen MR) is 92.7 cm³/mol. The molecule has 0 saturated heterocycles. The molecule has 1 amide bonds. The van der Waals surface area contributed by atoms with E-state index < -0.39 is 0 Å². The molecule has 0 bridgehead atoms. The SMILES string of the molecule is C[NH+](C)CC(=O)N(Cc1ccc2c(c1)OCCO2)c1ccccc1. The van der Waals surface area contributed by atoms with Crippen LogP contribution in [-0.4, -0.2) is 39.8 Å². The Balaban J connectivity index is 1.85. The van der Waals surface area contributed by atoms with Gasteiger partial charge in [-0.1, -0.05) is 24.3 Å². The van der Waals surface area contributed by atoms with Crippen LogP contribution in [0, 0.1) is 0 Å². The van der Waals surface area contributed by atoms with Gasteiger partial charge in [-0.25, -0.2) is 0 Å². The minimum atomic E-state index is 0.0936. The molecule has 2 aromatic carbocycles. The molecule has 1 aliphatic heterocycles. The summed E-state index contributed by atoms with van der Waals surface area (Å²) in [5.74, 6) is 1.61. The Morgan fingerprint density at radius 3 is 2.46 bits per heavy atom. The molecule has 5 nitrogen and oxygen atoms in total. The maximum Gasteiger partial charge on any atom is 0.282 e. The van der Waals surface area contributed by atoms with Crippen molar-refractivity contribution >= 4 is 11.6 Å². The maximum atomic E-state index is 12.7. The van der Waals surface area contributed by atoms with E-state index in [-0.39, 0.29) is 5.91 Å². The number of likely N-dealkylation sites (N-methyl/N-ethyl adjacent to an activating group) is 1. The number of nitrogens with one attached hydrogen (secondary N) is 1. The van der Waals surface area contributed by atoms with Gasteiger partial charge in [0.15, 0.2) is 18.0 Å². The standard InChI is InChI=1S/C19H22N2O3/c1-20(2)14-19(22)21(16-6-4-3-5-7-16)13-15-8-9-17-18(12-15)24-11-10-23-17/h3-9,12H,10-11,13-14H2,1-2H3/p+1. The molecule has 126 valence electrons. The van der Waals surface area contributed by atoms with E-state index in [0.717, 1.165) is 27.6 Å². The minimum Gasteiger partial charge on any atom is -0.486 e. The maximum absolute atomic E-state index is 12.7. The molecule has 0 aromatic heterocycles. The average Bonchev–Trinajstić information content (AvgIpc) is 2.59. The van der Waals surface area contributed by atoms with Gasteiger partial charge >= 0.3 is 0 Å². The van der Waals surface area contributed by atoms with Crippen LogP contribution < -0.4 is 19.3 Å². The number of fused-ring (bicyclic) bond motifs is 1. The molecule has 0 atom stereocenters. The molecule has 0 unspecified atom stereocenters. The Labute approximate surface area is 142 Å². The van der Waals surface area contributed by atoms with Gasteiger partial charge in [-0.3, -0.25) is 4.79 Å². The van der Waals surface area contributed by atoms with Crippen LogP contribution in [0.4, 0.5) is 5.69 Å². The van der Waals surface area contributed by atoms with Gasteiger partial charge in [0.05, 0.1) is 20.6 Å². The van der Waals surface area contributed by atoms with Gasteiger partial charge in [0.2, 0.25) is 0 Å². The number of benzene rings is 2. The zero-order chi connectivity index (χ0) is 16.9. The van der Waals surface area contributed by atoms with Crippen LogP contribution in [0.3, 0.4) is 0 Å². The van der Waals surface area contributed by atoms with Crippen molar-refractivity contribution < 1.29 is 19.2 Å². The number of carbonyl (C=O) groups excluding carboxylic acids is 1. The highest BCUT2D eigenvalue weighted by Crippen LogP contribution is 2.31. The first kappa shape index (κ1) is 16.3. The summed E-state index contributed by atoms with van der Waals surface area (Å²) in [7, 11) is 3.95. The van der Waals surface area contributed by atoms with E-state index >= 15 is 0 Å². The molecular formula is C19H23N2O3+. The van der Waals surface area contributed by atoms with E-state index in [1.807, 2.05) is 67.5 Å². The zero-order valence-electron chi connectivity index (χ0n) is 14.1. The zero-order valence-corrected chi connectivity index (χ0v) is 14.1. The monoisotopic (exact) mass is 327 g/mol. The summed E-state index contributed by atoms with van der Waals surface area (Å²) in [6, 6.07) is 15.6. The Hall–Kier alpha value is -2.53. The summed E-state index contributed by atoms with van der Waals surface area (Å²) >= 11 is 0. The fourth-order valence-electron chi connectivity index (χ4n) is 2.70. The summed E-state index contributed by atoms with van der Waals surface area (Å²) in [4.78, 5) is 15.6. The molecule has 0 aliphatic carbocycles. The van der Waals surface area contributed by atoms with Gasteiger partial charge in [-0.2, -0.15) is 0 Å². The lowest BCUT2D eigenvalue weighted by molar-refractivity contribution is -0.849. The van der Waals surface area contributed by atoms with E-state index in [1.165, 1.54) is 0 Å². The fourth-order valence-corrected chi connectivity index (χ4v) is 2.70. The Morgan fingerprint density at radius 2 is 1.75 bits per heavy atom. The lowest BCUT2D eigenvalue weighted by Gasteiger charge is -2.24. The molecular weight excluding hydrogens is 304 g/mol. The molecule has 0 fully saturated rings. The number of para-hydroxylation sites is 1. The van der Waals surface area contributed by atoms with Crippen molar-refractivity contribution in [3.8, 4) is 11.5 Å². The van der Waals surface area contributed by atoms with Crippen LogP contribution in [0.2, 0.25) is 0 Å². The van der Waals surface area contributed by atoms with E-state index in [1.54, 1.807) is 0 Å². The van der Waals surface area contributed by atoms with Crippen molar-refractivity contribution in [3.05, 3.63) is 54.1 Å². The second kappa shape index (κ2) is 7.36. The van der Waals surface area contributed by atoms with Crippen molar-refractivity contribution in [1.82, 2.24) is 0 Å². The van der Waals surface area contributed by atoms with Crippen molar-refractivity contribution in [2.45, 2.75) is 6.54 Å². The smallest absolute Gasteiger partial charge is 0.282 e. The first-order valence-electron chi connectivity index (χ1n) is 8.16. The van der Waals surface area contributed by atoms with Crippen molar-refractivity contribution in [2.24, 2.45) is 0 Å². The molecule has 3 rings (SSSR count). The van der Waals surface area contributed by atoms with Crippen LogP contribution in [0.5, 0.6) is 11.5 Å². The molecule has 2 aromatic rings. The first-order valence-corrected chi connectivity index (χ1v) is 8.16. The van der Waals surface area contributed by atoms with Gasteiger partial charge < -0.3 is 19.3 Å². The Morgan fingerprint density at radius 1 is 1.04 bits per heavy atom. The second-order valence-corrected chi connectivity index (χ2v) is 6.18. The third-order valence-electron chi connectivity index (χ3n) is 3.82. The van der Waals surface area contributed by atoms with Crippen molar-refractivity contribution in [1.29, 1.82) is 0 Å². The predicted octanol–water partition coefficient (Wildman–Crippen LogP) is 1.14. The molecule has 5 heteroatoms. The largest absolute Gasteiger partial charge is 0.486 e. The molecule has 24 heavy (non-hydrogen) atoms. The summed E-state index contributed by atoms with van der Waals surface area (Å²) in [6.07, 6.45) is 0. The summed E-state index contributed by atoms with van der Waals surface area (Å²) in [6.45, 7) is 2.08. The highest BCUT2D eigenvalue weighted by molar-refractivity contribution is 5.94. The van der Waals surface area contributed by atoms with Crippen LogP contribution in [0.25, 0.3) is 0 Å². The first-order chi connectivity index (χ1) is 11.6. The number of carbonyl (C=O) groups is 1. The van der Waals surface area contributed by atoms with Gasteiger partial charge in [-0.15, -0.1) is 0 Å². The molecule has 0 saturated carbocycles. The number of quaternary nitrogens is 1. The van der Waals surface area contributed by atoms with E-state index in [4.69, 9.17) is 9.47 Å². The molecule has 1 heterocycles. The number of amides is 1. The van der Waals surface area contributed by atoms with Crippen molar-refractivity contribution in [2.75, 3.05) is 38.8 Å². The Bertz CT molecular complexity index is 701. The number of ether oxygens (including phenoxy) is 2. The van der Waals surface area contributed by atoms with Gasteiger partial charge in [0, 0.05) is 5.69 Å². The number of anilines is 1. The highest BCUT2D eigenvalue weighted by Gasteiger charge is 2.20. The minimum absolute atomic E-state index is 0.0936. The number of hydrogen-bond donors (Lipinski definition) is 1. The lowest BCUT2D eigenvalue weighted by Crippen LogP contribution is -3.07. The normalized spacial score (nSPS) is 13.0. The highest BCUT2D eigenvalue weighted by atomic mass is 16.6. The number of rotatable bonds is 5. The van der Waals surface area contributed by atoms with Crippen molar-refractivity contribution in [3.63, 3.8) is 0 Å². The fraction of sp³-hybridized carbons (Fsp3) is 0.316. The average molecular weight is 327 g/mol. The van der Waals surface area contributed by atoms with E-state index in [9.17, 15) is 4.79 Å². The Kier molecular flexibility index (Phi) is 5.01. The van der Waals surface area contributed by atoms with Gasteiger partial charge in [0.1, 0.15) is 13.2 Å². The summed E-state index contributed by atoms with van der Waals surface area (Å²) in [5, 5.41) is 0. The second-order valence-electron chi connectivity index (χ2n) is 6.18. The van der Waals surface area contributed by atoms with Crippen LogP contribution in [-0.2, 0) is 11.3 Å². The van der Waals surface area contributed by atoms with E-state index in [2.05, 4.69) is 0 Å². The summed E-state index contributed by atoms with van der Waals surface area (Å²) < 4.78 is 11.2. The summed E-state index contributed by atoms with van der Waals surface area (Å²) in [5.41, 5.74) is 1.92. The molecule has 1 aliphatic rings. The van der Waals surface area contributed by atoms with Gasteiger partial charge in [-0.05, 0) is 29.8 Å². The van der Waals surface area contributed by atoms with Crippen LogP contribution >= 0.6 is 0 Å². The molecule has 0 radical (unpaired) electrons. The molecule has 1 N–H and O–H groups in total.